The Labute approximate surface area is 129 Å². The van der Waals surface area contributed by atoms with Crippen LogP contribution < -0.4 is 20.5 Å². The van der Waals surface area contributed by atoms with Crippen LogP contribution in [0.1, 0.15) is 18.9 Å². The first-order valence-electron chi connectivity index (χ1n) is 6.63. The fraction of sp³-hybridized carbons (Fsp3) is 0.500. The summed E-state index contributed by atoms with van der Waals surface area (Å²) in [5.41, 5.74) is 5.93. The Morgan fingerprint density at radius 1 is 1.52 bits per heavy atom. The zero-order chi connectivity index (χ0) is 15.8. The van der Waals surface area contributed by atoms with Crippen molar-refractivity contribution in [3.63, 3.8) is 0 Å². The second-order valence-corrected chi connectivity index (χ2v) is 4.94. The molecule has 0 saturated heterocycles. The van der Waals surface area contributed by atoms with Crippen molar-refractivity contribution < 1.29 is 19.4 Å². The van der Waals surface area contributed by atoms with Gasteiger partial charge >= 0.3 is 0 Å². The van der Waals surface area contributed by atoms with E-state index >= 15 is 0 Å². The molecule has 0 aromatic heterocycles. The SMILES string of the molecule is CC[C@@H](CO)NCc1cc(Cl)c(OCC(N)=O)c(OC)c1. The van der Waals surface area contributed by atoms with E-state index in [0.29, 0.717) is 17.3 Å². The lowest BCUT2D eigenvalue weighted by Crippen LogP contribution is -2.31. The Bertz CT molecular complexity index is 478. The van der Waals surface area contributed by atoms with E-state index in [0.717, 1.165) is 12.0 Å². The summed E-state index contributed by atoms with van der Waals surface area (Å²) < 4.78 is 10.5. The number of methoxy groups -OCH3 is 1. The van der Waals surface area contributed by atoms with E-state index in [-0.39, 0.29) is 25.0 Å². The number of carbonyl (C=O) groups is 1. The van der Waals surface area contributed by atoms with Crippen molar-refractivity contribution in [3.8, 4) is 11.5 Å². The van der Waals surface area contributed by atoms with Crippen LogP contribution in [0.15, 0.2) is 12.1 Å². The van der Waals surface area contributed by atoms with Crippen molar-refractivity contribution in [2.45, 2.75) is 25.9 Å². The van der Waals surface area contributed by atoms with Gasteiger partial charge in [0.05, 0.1) is 18.7 Å². The van der Waals surface area contributed by atoms with E-state index in [9.17, 15) is 4.79 Å². The fourth-order valence-electron chi connectivity index (χ4n) is 1.76. The van der Waals surface area contributed by atoms with E-state index in [2.05, 4.69) is 5.32 Å². The minimum Gasteiger partial charge on any atom is -0.493 e. The average molecular weight is 317 g/mol. The number of nitrogens with one attached hydrogen (secondary N) is 1. The molecule has 1 aromatic rings. The van der Waals surface area contributed by atoms with Crippen LogP contribution in [0.3, 0.4) is 0 Å². The van der Waals surface area contributed by atoms with Gasteiger partial charge in [0.15, 0.2) is 18.1 Å². The van der Waals surface area contributed by atoms with Gasteiger partial charge in [-0.05, 0) is 24.1 Å². The summed E-state index contributed by atoms with van der Waals surface area (Å²) in [4.78, 5) is 10.8. The van der Waals surface area contributed by atoms with Gasteiger partial charge in [-0.25, -0.2) is 0 Å². The number of aliphatic hydroxyl groups is 1. The number of primary amides is 1. The first-order chi connectivity index (χ1) is 10.0. The molecule has 4 N–H and O–H groups in total. The molecule has 0 aliphatic rings. The third-order valence-electron chi connectivity index (χ3n) is 2.96. The molecule has 0 aliphatic heterocycles. The van der Waals surface area contributed by atoms with Crippen LogP contribution >= 0.6 is 11.6 Å². The molecule has 7 heteroatoms. The molecule has 0 aliphatic carbocycles. The number of ether oxygens (including phenoxy) is 2. The average Bonchev–Trinajstić information content (AvgIpc) is 2.46. The first kappa shape index (κ1) is 17.6. The van der Waals surface area contributed by atoms with Gasteiger partial charge in [0.1, 0.15) is 0 Å². The molecule has 1 atom stereocenters. The largest absolute Gasteiger partial charge is 0.493 e. The number of carbonyl (C=O) groups excluding carboxylic acids is 1. The zero-order valence-corrected chi connectivity index (χ0v) is 12.9. The van der Waals surface area contributed by atoms with Crippen LogP contribution in [0.2, 0.25) is 5.02 Å². The molecule has 0 saturated carbocycles. The summed E-state index contributed by atoms with van der Waals surface area (Å²) in [6.45, 7) is 2.32. The van der Waals surface area contributed by atoms with Crippen molar-refractivity contribution in [1.82, 2.24) is 5.32 Å². The minimum absolute atomic E-state index is 0.0283. The predicted molar refractivity (Wildman–Crippen MR) is 80.7 cm³/mol. The molecule has 118 valence electrons. The highest BCUT2D eigenvalue weighted by molar-refractivity contribution is 6.32. The second kappa shape index (κ2) is 8.71. The van der Waals surface area contributed by atoms with Crippen LogP contribution in [0, 0.1) is 0 Å². The lowest BCUT2D eigenvalue weighted by atomic mass is 10.1. The maximum atomic E-state index is 10.8. The molecule has 1 aromatic carbocycles. The highest BCUT2D eigenvalue weighted by atomic mass is 35.5. The van der Waals surface area contributed by atoms with Crippen LogP contribution in [-0.2, 0) is 11.3 Å². The summed E-state index contributed by atoms with van der Waals surface area (Å²) in [6.07, 6.45) is 0.821. The number of rotatable bonds is 9. The molecule has 0 heterocycles. The van der Waals surface area contributed by atoms with Crippen LogP contribution in [-0.4, -0.2) is 37.4 Å². The van der Waals surface area contributed by atoms with Gasteiger partial charge in [0.25, 0.3) is 5.91 Å². The molecule has 0 unspecified atom stereocenters. The third kappa shape index (κ3) is 5.41. The topological polar surface area (TPSA) is 93.8 Å². The van der Waals surface area contributed by atoms with Crippen molar-refractivity contribution >= 4 is 17.5 Å². The molecule has 0 spiro atoms. The lowest BCUT2D eigenvalue weighted by Gasteiger charge is -2.16. The van der Waals surface area contributed by atoms with Gasteiger partial charge in [-0.3, -0.25) is 4.79 Å². The number of nitrogens with two attached hydrogens (primary N) is 1. The first-order valence-corrected chi connectivity index (χ1v) is 7.01. The second-order valence-electron chi connectivity index (χ2n) is 4.53. The Hall–Kier alpha value is -1.50. The fourth-order valence-corrected chi connectivity index (χ4v) is 2.05. The van der Waals surface area contributed by atoms with Gasteiger partial charge in [-0.2, -0.15) is 0 Å². The van der Waals surface area contributed by atoms with Crippen molar-refractivity contribution in [2.24, 2.45) is 5.73 Å². The van der Waals surface area contributed by atoms with Crippen molar-refractivity contribution in [1.29, 1.82) is 0 Å². The summed E-state index contributed by atoms with van der Waals surface area (Å²) in [5, 5.41) is 12.7. The number of aliphatic hydroxyl groups excluding tert-OH is 1. The molecule has 6 nitrogen and oxygen atoms in total. The van der Waals surface area contributed by atoms with Crippen LogP contribution in [0.5, 0.6) is 11.5 Å². The van der Waals surface area contributed by atoms with E-state index in [1.165, 1.54) is 7.11 Å². The van der Waals surface area contributed by atoms with Crippen molar-refractivity contribution in [2.75, 3.05) is 20.3 Å². The van der Waals surface area contributed by atoms with E-state index in [1.54, 1.807) is 12.1 Å². The van der Waals surface area contributed by atoms with E-state index < -0.39 is 5.91 Å². The number of hydrogen-bond donors (Lipinski definition) is 3. The van der Waals surface area contributed by atoms with E-state index in [4.69, 9.17) is 31.9 Å². The molecular formula is C14H21ClN2O4. The highest BCUT2D eigenvalue weighted by Crippen LogP contribution is 2.36. The Kier molecular flexibility index (Phi) is 7.28. The quantitative estimate of drug-likeness (QED) is 0.633. The molecule has 0 bridgehead atoms. The molecule has 1 amide bonds. The molecule has 0 radical (unpaired) electrons. The summed E-state index contributed by atoms with van der Waals surface area (Å²) >= 11 is 6.15. The summed E-state index contributed by atoms with van der Waals surface area (Å²) in [7, 11) is 1.49. The van der Waals surface area contributed by atoms with E-state index in [1.807, 2.05) is 6.92 Å². The van der Waals surface area contributed by atoms with Gasteiger partial charge in [0.2, 0.25) is 0 Å². The normalized spacial score (nSPS) is 12.0. The van der Waals surface area contributed by atoms with Gasteiger partial charge in [-0.15, -0.1) is 0 Å². The monoisotopic (exact) mass is 316 g/mol. The Morgan fingerprint density at radius 3 is 2.76 bits per heavy atom. The third-order valence-corrected chi connectivity index (χ3v) is 3.24. The maximum Gasteiger partial charge on any atom is 0.255 e. The molecule has 0 fully saturated rings. The Balaban J connectivity index is 2.84. The van der Waals surface area contributed by atoms with Gasteiger partial charge < -0.3 is 25.6 Å². The summed E-state index contributed by atoms with van der Waals surface area (Å²) in [5.74, 6) is 0.126. The standard InChI is InChI=1S/C14H21ClN2O4/c1-3-10(7-18)17-6-9-4-11(15)14(12(5-9)20-2)21-8-13(16)19/h4-5,10,17-18H,3,6-8H2,1-2H3,(H2,16,19)/t10-/m0/s1. The lowest BCUT2D eigenvalue weighted by molar-refractivity contribution is -0.119. The number of benzene rings is 1. The Morgan fingerprint density at radius 2 is 2.24 bits per heavy atom. The van der Waals surface area contributed by atoms with Crippen LogP contribution in [0.25, 0.3) is 0 Å². The minimum atomic E-state index is -0.590. The number of hydrogen-bond acceptors (Lipinski definition) is 5. The smallest absolute Gasteiger partial charge is 0.255 e. The molecular weight excluding hydrogens is 296 g/mol. The number of halogens is 1. The summed E-state index contributed by atoms with van der Waals surface area (Å²) in [6, 6.07) is 3.51. The van der Waals surface area contributed by atoms with Gasteiger partial charge in [0, 0.05) is 12.6 Å². The maximum absolute atomic E-state index is 10.8. The predicted octanol–water partition coefficient (Wildman–Crippen LogP) is 1.07. The van der Waals surface area contributed by atoms with Crippen molar-refractivity contribution in [3.05, 3.63) is 22.7 Å². The highest BCUT2D eigenvalue weighted by Gasteiger charge is 2.13. The van der Waals surface area contributed by atoms with Crippen LogP contribution in [0.4, 0.5) is 0 Å². The molecule has 1 rings (SSSR count). The zero-order valence-electron chi connectivity index (χ0n) is 12.2. The number of amides is 1. The molecule has 21 heavy (non-hydrogen) atoms. The van der Waals surface area contributed by atoms with Gasteiger partial charge in [-0.1, -0.05) is 18.5 Å².